The lowest BCUT2D eigenvalue weighted by Gasteiger charge is -2.35. The topological polar surface area (TPSA) is 153 Å². The Bertz CT molecular complexity index is 1640. The van der Waals surface area contributed by atoms with Crippen molar-refractivity contribution in [3.05, 3.63) is 71.8 Å². The fourth-order valence-electron chi connectivity index (χ4n) is 5.14. The Labute approximate surface area is 261 Å². The number of hydrazine groups is 2. The molecule has 0 spiro atoms. The van der Waals surface area contributed by atoms with Crippen LogP contribution in [-0.2, 0) is 30.3 Å². The Morgan fingerprint density at radius 2 is 1.76 bits per heavy atom. The summed E-state index contributed by atoms with van der Waals surface area (Å²) in [7, 11) is 1.69. The van der Waals surface area contributed by atoms with Gasteiger partial charge in [0.25, 0.3) is 17.7 Å². The molecule has 5 rings (SSSR count). The van der Waals surface area contributed by atoms with Crippen molar-refractivity contribution in [1.29, 1.82) is 0 Å². The Morgan fingerprint density at radius 1 is 1.02 bits per heavy atom. The van der Waals surface area contributed by atoms with Crippen molar-refractivity contribution in [2.75, 3.05) is 18.6 Å². The van der Waals surface area contributed by atoms with Crippen molar-refractivity contribution in [1.82, 2.24) is 26.2 Å². The van der Waals surface area contributed by atoms with Crippen molar-refractivity contribution < 1.29 is 29.0 Å². The van der Waals surface area contributed by atoms with Crippen LogP contribution in [0.2, 0.25) is 0 Å². The highest BCUT2D eigenvalue weighted by Crippen LogP contribution is 2.25. The van der Waals surface area contributed by atoms with E-state index in [1.54, 1.807) is 51.2 Å². The molecular formula is C33H38N6O6. The number of aromatic hydroxyl groups is 1. The molecule has 2 aliphatic heterocycles. The lowest BCUT2D eigenvalue weighted by molar-refractivity contribution is -0.162. The first-order chi connectivity index (χ1) is 21.4. The van der Waals surface area contributed by atoms with Gasteiger partial charge in [-0.2, -0.15) is 0 Å². The summed E-state index contributed by atoms with van der Waals surface area (Å²) in [4.78, 5) is 58.3. The van der Waals surface area contributed by atoms with Gasteiger partial charge in [0.2, 0.25) is 0 Å². The molecule has 2 aliphatic rings. The molecule has 0 aliphatic carbocycles. The highest BCUT2D eigenvalue weighted by atomic mass is 16.5. The number of amides is 3. The number of rotatable bonds is 2. The zero-order valence-electron chi connectivity index (χ0n) is 25.7. The summed E-state index contributed by atoms with van der Waals surface area (Å²) < 4.78 is 5.80. The average Bonchev–Trinajstić information content (AvgIpc) is 3.03. The van der Waals surface area contributed by atoms with Crippen LogP contribution < -0.4 is 21.2 Å². The van der Waals surface area contributed by atoms with Crippen LogP contribution in [-0.4, -0.2) is 70.6 Å². The molecule has 1 saturated heterocycles. The Hall–Kier alpha value is -4.97. The second-order valence-electron chi connectivity index (χ2n) is 12.0. The number of carbonyl (C=O) groups is 4. The maximum atomic E-state index is 13.5. The minimum absolute atomic E-state index is 0.0228. The molecule has 12 heteroatoms. The van der Waals surface area contributed by atoms with E-state index in [2.05, 4.69) is 16.2 Å². The number of ether oxygens (including phenoxy) is 1. The van der Waals surface area contributed by atoms with Crippen LogP contribution in [0.1, 0.15) is 44.7 Å². The summed E-state index contributed by atoms with van der Waals surface area (Å²) >= 11 is 0. The predicted molar refractivity (Wildman–Crippen MR) is 168 cm³/mol. The SMILES string of the molecule is C[C@@H]1NC(=O)[C@H](Cc2ccc(O)cc2)OC(=O)C(C)(C)/C=C/c2ccc3ccc(nc3c2)N(C)NC(=O)[C@@H]2CCCN(N2)C1=O. The minimum Gasteiger partial charge on any atom is -0.508 e. The number of phenolic OH excluding ortho intramolecular Hbond substituents is 1. The number of benzene rings is 2. The smallest absolute Gasteiger partial charge is 0.316 e. The molecule has 0 saturated carbocycles. The van der Waals surface area contributed by atoms with Crippen molar-refractivity contribution in [2.45, 2.75) is 58.2 Å². The van der Waals surface area contributed by atoms with Gasteiger partial charge in [0.1, 0.15) is 23.7 Å². The fraction of sp³-hybridized carbons (Fsp3) is 0.364. The number of nitrogens with zero attached hydrogens (tertiary/aromatic N) is 3. The van der Waals surface area contributed by atoms with Gasteiger partial charge >= 0.3 is 5.97 Å². The van der Waals surface area contributed by atoms with E-state index in [9.17, 15) is 24.3 Å². The van der Waals surface area contributed by atoms with Crippen LogP contribution in [0.4, 0.5) is 5.82 Å². The van der Waals surface area contributed by atoms with Gasteiger partial charge in [0, 0.05) is 25.4 Å². The first-order valence-corrected chi connectivity index (χ1v) is 14.9. The number of pyridine rings is 1. The van der Waals surface area contributed by atoms with E-state index in [-0.39, 0.29) is 18.1 Å². The largest absolute Gasteiger partial charge is 0.508 e. The van der Waals surface area contributed by atoms with Gasteiger partial charge in [-0.05, 0) is 75.1 Å². The summed E-state index contributed by atoms with van der Waals surface area (Å²) in [6.07, 6.45) is 3.34. The molecule has 0 unspecified atom stereocenters. The lowest BCUT2D eigenvalue weighted by atomic mass is 9.92. The standard InChI is InChI=1S/C33H38N6O6/c1-20-31(43)39-17-5-6-25(36-39)29(41)37-38(4)28-14-11-23-10-7-22(18-26(23)35-28)15-16-33(2,3)32(44)45-27(30(42)34-20)19-21-8-12-24(40)13-9-21/h7-16,18,20,25,27,36,40H,5-6,17,19H2,1-4H3,(H,34,42)(H,37,41)/b16-15+/t20-,25-,27-/m0/s1. The maximum Gasteiger partial charge on any atom is 0.316 e. The molecule has 236 valence electrons. The van der Waals surface area contributed by atoms with Crippen LogP contribution in [0.25, 0.3) is 17.0 Å². The fourth-order valence-corrected chi connectivity index (χ4v) is 5.14. The zero-order valence-corrected chi connectivity index (χ0v) is 25.7. The van der Waals surface area contributed by atoms with Gasteiger partial charge in [-0.3, -0.25) is 34.6 Å². The zero-order chi connectivity index (χ0) is 32.3. The molecule has 5 bridgehead atoms. The van der Waals surface area contributed by atoms with Gasteiger partial charge in [-0.25, -0.2) is 10.4 Å². The maximum absolute atomic E-state index is 13.5. The van der Waals surface area contributed by atoms with Crippen LogP contribution >= 0.6 is 0 Å². The first kappa shape index (κ1) is 31.5. The number of phenols is 1. The third-order valence-electron chi connectivity index (χ3n) is 7.94. The predicted octanol–water partition coefficient (Wildman–Crippen LogP) is 2.62. The van der Waals surface area contributed by atoms with Gasteiger partial charge < -0.3 is 15.2 Å². The number of nitrogens with one attached hydrogen (secondary N) is 3. The van der Waals surface area contributed by atoms with E-state index in [1.165, 1.54) is 29.1 Å². The molecule has 2 aromatic carbocycles. The number of anilines is 1. The third-order valence-corrected chi connectivity index (χ3v) is 7.94. The van der Waals surface area contributed by atoms with Gasteiger partial charge in [0.05, 0.1) is 10.9 Å². The van der Waals surface area contributed by atoms with Crippen molar-refractivity contribution in [2.24, 2.45) is 5.41 Å². The third kappa shape index (κ3) is 7.40. The van der Waals surface area contributed by atoms with Crippen LogP contribution in [0.3, 0.4) is 0 Å². The number of cyclic esters (lactones) is 1. The van der Waals surface area contributed by atoms with Gasteiger partial charge in [-0.15, -0.1) is 0 Å². The normalized spacial score (nSPS) is 23.7. The summed E-state index contributed by atoms with van der Waals surface area (Å²) in [5.41, 5.74) is 6.85. The molecule has 3 heterocycles. The Morgan fingerprint density at radius 3 is 2.51 bits per heavy atom. The molecule has 3 aromatic rings. The van der Waals surface area contributed by atoms with E-state index in [0.29, 0.717) is 36.3 Å². The summed E-state index contributed by atoms with van der Waals surface area (Å²) in [6, 6.07) is 14.0. The van der Waals surface area contributed by atoms with E-state index in [0.717, 1.165) is 10.9 Å². The van der Waals surface area contributed by atoms with E-state index in [4.69, 9.17) is 9.72 Å². The number of hydrogen-bond acceptors (Lipinski definition) is 9. The molecule has 45 heavy (non-hydrogen) atoms. The minimum atomic E-state index is -1.26. The van der Waals surface area contributed by atoms with E-state index in [1.807, 2.05) is 24.3 Å². The monoisotopic (exact) mass is 614 g/mol. The molecule has 3 amide bonds. The number of carbonyl (C=O) groups excluding carboxylic acids is 4. The second-order valence-corrected chi connectivity index (χ2v) is 12.0. The summed E-state index contributed by atoms with van der Waals surface area (Å²) in [6.45, 7) is 5.27. The Balaban J connectivity index is 1.49. The molecule has 1 aromatic heterocycles. The number of hydrogen-bond donors (Lipinski definition) is 4. The molecular weight excluding hydrogens is 576 g/mol. The quantitative estimate of drug-likeness (QED) is 0.319. The highest BCUT2D eigenvalue weighted by Gasteiger charge is 2.35. The molecule has 0 radical (unpaired) electrons. The molecule has 3 atom stereocenters. The molecule has 12 nitrogen and oxygen atoms in total. The summed E-state index contributed by atoms with van der Waals surface area (Å²) in [5, 5.41) is 16.2. The van der Waals surface area contributed by atoms with Gasteiger partial charge in [0.15, 0.2) is 6.10 Å². The van der Waals surface area contributed by atoms with Gasteiger partial charge in [-0.1, -0.05) is 36.4 Å². The van der Waals surface area contributed by atoms with Crippen LogP contribution in [0, 0.1) is 5.41 Å². The number of aromatic nitrogens is 1. The first-order valence-electron chi connectivity index (χ1n) is 14.9. The lowest BCUT2D eigenvalue weighted by Crippen LogP contribution is -2.62. The highest BCUT2D eigenvalue weighted by molar-refractivity contribution is 5.92. The number of fused-ring (bicyclic) bond motifs is 4. The average molecular weight is 615 g/mol. The van der Waals surface area contributed by atoms with E-state index < -0.39 is 41.4 Å². The molecule has 4 N–H and O–H groups in total. The van der Waals surface area contributed by atoms with Crippen LogP contribution in [0.5, 0.6) is 5.75 Å². The summed E-state index contributed by atoms with van der Waals surface area (Å²) in [5.74, 6) is -1.47. The second kappa shape index (κ2) is 12.9. The number of esters is 1. The van der Waals surface area contributed by atoms with Crippen molar-refractivity contribution >= 4 is 46.5 Å². The van der Waals surface area contributed by atoms with Crippen molar-refractivity contribution in [3.63, 3.8) is 0 Å². The van der Waals surface area contributed by atoms with Crippen LogP contribution in [0.15, 0.2) is 60.7 Å². The van der Waals surface area contributed by atoms with E-state index >= 15 is 0 Å². The molecule has 1 fully saturated rings. The Kier molecular flexibility index (Phi) is 9.05. The van der Waals surface area contributed by atoms with Crippen molar-refractivity contribution in [3.8, 4) is 5.75 Å².